The molecule has 0 aliphatic rings. The predicted molar refractivity (Wildman–Crippen MR) is 97.0 cm³/mol. The number of nitrogens with zero attached hydrogens (tertiary/aromatic N) is 2. The number of rotatable bonds is 5. The number of aromatic nitrogens is 2. The normalized spacial score (nSPS) is 10.5. The number of hydrogen-bond donors (Lipinski definition) is 1. The van der Waals surface area contributed by atoms with Crippen LogP contribution in [-0.4, -0.2) is 16.6 Å². The highest BCUT2D eigenvalue weighted by Crippen LogP contribution is 2.24. The van der Waals surface area contributed by atoms with E-state index in [1.165, 1.54) is 18.0 Å². The van der Waals surface area contributed by atoms with Crippen molar-refractivity contribution in [3.05, 3.63) is 64.3 Å². The number of pyridine rings is 1. The lowest BCUT2D eigenvalue weighted by Gasteiger charge is -2.07. The van der Waals surface area contributed by atoms with E-state index in [1.807, 2.05) is 36.6 Å². The molecule has 1 amide bonds. The van der Waals surface area contributed by atoms with E-state index in [0.717, 1.165) is 21.0 Å². The minimum Gasteiger partial charge on any atom is -0.618 e. The van der Waals surface area contributed by atoms with Crippen LogP contribution < -0.4 is 10.0 Å². The van der Waals surface area contributed by atoms with Crippen molar-refractivity contribution >= 4 is 34.7 Å². The van der Waals surface area contributed by atoms with E-state index in [0.29, 0.717) is 10.7 Å². The fourth-order valence-corrected chi connectivity index (χ4v) is 3.45. The van der Waals surface area contributed by atoms with Gasteiger partial charge in [0.1, 0.15) is 0 Å². The Hall–Kier alpha value is -2.38. The molecule has 0 atom stereocenters. The van der Waals surface area contributed by atoms with Crippen molar-refractivity contribution in [2.24, 2.45) is 0 Å². The zero-order valence-corrected chi connectivity index (χ0v) is 14.6. The lowest BCUT2D eigenvalue weighted by molar-refractivity contribution is -0.645. The van der Waals surface area contributed by atoms with Crippen molar-refractivity contribution in [2.45, 2.75) is 11.9 Å². The van der Waals surface area contributed by atoms with Gasteiger partial charge in [0.25, 0.3) is 5.03 Å². The van der Waals surface area contributed by atoms with E-state index in [4.69, 9.17) is 0 Å². The molecule has 1 aromatic carbocycles. The SMILES string of the molecule is Cc1nc(-c2cccc(NC(=O)CSc3cccc[n+]3[O-])c2)cs1. The molecular weight excluding hydrogens is 342 g/mol. The summed E-state index contributed by atoms with van der Waals surface area (Å²) in [6.45, 7) is 1.96. The second kappa shape index (κ2) is 7.46. The first-order valence-electron chi connectivity index (χ1n) is 7.25. The van der Waals surface area contributed by atoms with E-state index in [2.05, 4.69) is 10.3 Å². The lowest BCUT2D eigenvalue weighted by atomic mass is 10.1. The zero-order valence-electron chi connectivity index (χ0n) is 12.9. The standard InChI is InChI=1S/C17H15N3O2S2/c1-12-18-15(10-23-12)13-5-4-6-14(9-13)19-16(21)11-24-17-7-2-3-8-20(17)22/h2-10H,11H2,1H3,(H,19,21). The van der Waals surface area contributed by atoms with Gasteiger partial charge < -0.3 is 10.5 Å². The fraction of sp³-hybridized carbons (Fsp3) is 0.118. The maximum absolute atomic E-state index is 12.1. The topological polar surface area (TPSA) is 68.9 Å². The largest absolute Gasteiger partial charge is 0.618 e. The molecule has 122 valence electrons. The summed E-state index contributed by atoms with van der Waals surface area (Å²) in [5.41, 5.74) is 2.58. The fourth-order valence-electron chi connectivity index (χ4n) is 2.11. The highest BCUT2D eigenvalue weighted by molar-refractivity contribution is 7.99. The van der Waals surface area contributed by atoms with Crippen LogP contribution in [0.15, 0.2) is 59.1 Å². The van der Waals surface area contributed by atoms with Gasteiger partial charge in [0, 0.05) is 28.8 Å². The third kappa shape index (κ3) is 4.12. The van der Waals surface area contributed by atoms with Crippen molar-refractivity contribution in [1.82, 2.24) is 4.98 Å². The van der Waals surface area contributed by atoms with Crippen LogP contribution in [0.2, 0.25) is 0 Å². The second-order valence-electron chi connectivity index (χ2n) is 5.03. The molecule has 0 bridgehead atoms. The van der Waals surface area contributed by atoms with E-state index in [-0.39, 0.29) is 11.7 Å². The van der Waals surface area contributed by atoms with Crippen LogP contribution in [0.5, 0.6) is 0 Å². The van der Waals surface area contributed by atoms with Crippen molar-refractivity contribution in [2.75, 3.05) is 11.1 Å². The summed E-state index contributed by atoms with van der Waals surface area (Å²) in [7, 11) is 0. The maximum atomic E-state index is 12.1. The van der Waals surface area contributed by atoms with Gasteiger partial charge in [-0.25, -0.2) is 4.98 Å². The molecule has 0 aliphatic carbocycles. The van der Waals surface area contributed by atoms with Gasteiger partial charge in [-0.05, 0) is 36.9 Å². The lowest BCUT2D eigenvalue weighted by Crippen LogP contribution is -2.28. The number of anilines is 1. The van der Waals surface area contributed by atoms with E-state index >= 15 is 0 Å². The Kier molecular flexibility index (Phi) is 5.12. The number of hydrogen-bond acceptors (Lipinski definition) is 5. The Morgan fingerprint density at radius 3 is 2.96 bits per heavy atom. The molecule has 1 N–H and O–H groups in total. The first-order chi connectivity index (χ1) is 11.6. The molecule has 0 saturated carbocycles. The molecule has 0 saturated heterocycles. The Morgan fingerprint density at radius 1 is 1.33 bits per heavy atom. The summed E-state index contributed by atoms with van der Waals surface area (Å²) in [6, 6.07) is 12.7. The molecule has 0 radical (unpaired) electrons. The Bertz CT molecular complexity index is 864. The summed E-state index contributed by atoms with van der Waals surface area (Å²) in [6.07, 6.45) is 1.42. The Morgan fingerprint density at radius 2 is 2.21 bits per heavy atom. The number of thiazole rings is 1. The first-order valence-corrected chi connectivity index (χ1v) is 9.12. The number of amides is 1. The zero-order chi connectivity index (χ0) is 16.9. The minimum atomic E-state index is -0.157. The Labute approximate surface area is 148 Å². The Balaban J connectivity index is 1.63. The molecule has 0 fully saturated rings. The van der Waals surface area contributed by atoms with Gasteiger partial charge in [-0.15, -0.1) is 11.3 Å². The third-order valence-electron chi connectivity index (χ3n) is 3.20. The van der Waals surface area contributed by atoms with Crippen LogP contribution in [0, 0.1) is 12.1 Å². The van der Waals surface area contributed by atoms with Crippen molar-refractivity contribution in [3.8, 4) is 11.3 Å². The van der Waals surface area contributed by atoms with Crippen LogP contribution in [0.4, 0.5) is 5.69 Å². The molecular formula is C17H15N3O2S2. The summed E-state index contributed by atoms with van der Waals surface area (Å²) in [5.74, 6) is 0.0159. The first kappa shape index (κ1) is 16.5. The van der Waals surface area contributed by atoms with Crippen molar-refractivity contribution < 1.29 is 9.52 Å². The molecule has 3 aromatic rings. The van der Waals surface area contributed by atoms with Crippen LogP contribution in [-0.2, 0) is 4.79 Å². The van der Waals surface area contributed by atoms with Gasteiger partial charge in [-0.2, -0.15) is 4.73 Å². The van der Waals surface area contributed by atoms with Gasteiger partial charge >= 0.3 is 0 Å². The third-order valence-corrected chi connectivity index (χ3v) is 4.99. The second-order valence-corrected chi connectivity index (χ2v) is 7.09. The monoisotopic (exact) mass is 357 g/mol. The molecule has 0 spiro atoms. The highest BCUT2D eigenvalue weighted by Gasteiger charge is 2.10. The van der Waals surface area contributed by atoms with Gasteiger partial charge in [0.2, 0.25) is 5.91 Å². The number of carbonyl (C=O) groups is 1. The van der Waals surface area contributed by atoms with Crippen molar-refractivity contribution in [3.63, 3.8) is 0 Å². The molecule has 0 aliphatic heterocycles. The van der Waals surface area contributed by atoms with Gasteiger partial charge in [-0.1, -0.05) is 12.1 Å². The van der Waals surface area contributed by atoms with Gasteiger partial charge in [0.15, 0.2) is 6.20 Å². The van der Waals surface area contributed by atoms with E-state index in [9.17, 15) is 10.0 Å². The summed E-state index contributed by atoms with van der Waals surface area (Å²) in [5, 5.41) is 17.9. The van der Waals surface area contributed by atoms with Crippen LogP contribution >= 0.6 is 23.1 Å². The summed E-state index contributed by atoms with van der Waals surface area (Å²) in [4.78, 5) is 16.5. The molecule has 7 heteroatoms. The molecule has 24 heavy (non-hydrogen) atoms. The molecule has 5 nitrogen and oxygen atoms in total. The summed E-state index contributed by atoms with van der Waals surface area (Å²) < 4.78 is 0.753. The minimum absolute atomic E-state index is 0.157. The molecule has 3 rings (SSSR count). The number of carbonyl (C=O) groups excluding carboxylic acids is 1. The number of thioether (sulfide) groups is 1. The van der Waals surface area contributed by atoms with Crippen LogP contribution in [0.25, 0.3) is 11.3 Å². The smallest absolute Gasteiger partial charge is 0.251 e. The molecule has 2 aromatic heterocycles. The van der Waals surface area contributed by atoms with E-state index < -0.39 is 0 Å². The maximum Gasteiger partial charge on any atom is 0.251 e. The van der Waals surface area contributed by atoms with Gasteiger partial charge in [-0.3, -0.25) is 4.79 Å². The van der Waals surface area contributed by atoms with Crippen LogP contribution in [0.1, 0.15) is 5.01 Å². The number of benzene rings is 1. The number of aryl methyl sites for hydroxylation is 1. The van der Waals surface area contributed by atoms with Crippen molar-refractivity contribution in [1.29, 1.82) is 0 Å². The summed E-state index contributed by atoms with van der Waals surface area (Å²) >= 11 is 2.80. The highest BCUT2D eigenvalue weighted by atomic mass is 32.2. The molecule has 2 heterocycles. The van der Waals surface area contributed by atoms with Crippen LogP contribution in [0.3, 0.4) is 0 Å². The van der Waals surface area contributed by atoms with E-state index in [1.54, 1.807) is 29.5 Å². The van der Waals surface area contributed by atoms with Gasteiger partial charge in [0.05, 0.1) is 16.5 Å². The molecule has 0 unspecified atom stereocenters. The average molecular weight is 357 g/mol. The average Bonchev–Trinajstić information content (AvgIpc) is 3.01. The predicted octanol–water partition coefficient (Wildman–Crippen LogP) is 3.48. The number of nitrogens with one attached hydrogen (secondary N) is 1. The quantitative estimate of drug-likeness (QED) is 0.431.